The fourth-order valence-corrected chi connectivity index (χ4v) is 2.07. The number of hydrogen-bond acceptors (Lipinski definition) is 3. The molecule has 0 amide bonds. The summed E-state index contributed by atoms with van der Waals surface area (Å²) in [5, 5.41) is 0. The van der Waals surface area contributed by atoms with E-state index in [1.54, 1.807) is 0 Å². The van der Waals surface area contributed by atoms with Crippen LogP contribution in [0.4, 0.5) is 0 Å². The van der Waals surface area contributed by atoms with Gasteiger partial charge in [0, 0.05) is 18.6 Å². The Morgan fingerprint density at radius 3 is 2.71 bits per heavy atom. The van der Waals surface area contributed by atoms with Crippen molar-refractivity contribution in [2.24, 2.45) is 0 Å². The average Bonchev–Trinajstić information content (AvgIpc) is 2.51. The molecular weight excluding hydrogens is 176 g/mol. The molecule has 14 heavy (non-hydrogen) atoms. The first-order valence-corrected chi connectivity index (χ1v) is 5.53. The Bertz CT molecular complexity index is 182. The number of aldehydes is 1. The summed E-state index contributed by atoms with van der Waals surface area (Å²) in [6.07, 6.45) is 3.59. The van der Waals surface area contributed by atoms with Crippen molar-refractivity contribution < 1.29 is 4.79 Å². The lowest BCUT2D eigenvalue weighted by molar-refractivity contribution is -0.109. The van der Waals surface area contributed by atoms with Crippen molar-refractivity contribution in [2.45, 2.75) is 38.8 Å². The Labute approximate surface area is 87.1 Å². The standard InChI is InChI=1S/C11H22N2O/c1-10(2)13(7-8-14)9-11-5-4-6-12(11)3/h8,10-11H,4-7,9H2,1-3H3. The first kappa shape index (κ1) is 11.7. The smallest absolute Gasteiger partial charge is 0.133 e. The van der Waals surface area contributed by atoms with E-state index < -0.39 is 0 Å². The molecule has 0 aromatic heterocycles. The van der Waals surface area contributed by atoms with Crippen LogP contribution in [0.3, 0.4) is 0 Å². The van der Waals surface area contributed by atoms with Crippen molar-refractivity contribution in [3.63, 3.8) is 0 Å². The SMILES string of the molecule is CC(C)N(CC=O)CC1CCCN1C. The fourth-order valence-electron chi connectivity index (χ4n) is 2.07. The van der Waals surface area contributed by atoms with E-state index >= 15 is 0 Å². The lowest BCUT2D eigenvalue weighted by atomic mass is 10.2. The average molecular weight is 198 g/mol. The summed E-state index contributed by atoms with van der Waals surface area (Å²) in [5.41, 5.74) is 0. The van der Waals surface area contributed by atoms with Gasteiger partial charge in [0.25, 0.3) is 0 Å². The molecule has 0 aromatic rings. The maximum Gasteiger partial charge on any atom is 0.133 e. The van der Waals surface area contributed by atoms with Crippen LogP contribution in [0, 0.1) is 0 Å². The van der Waals surface area contributed by atoms with Crippen LogP contribution in [-0.2, 0) is 4.79 Å². The number of carbonyl (C=O) groups excluding carboxylic acids is 1. The summed E-state index contributed by atoms with van der Waals surface area (Å²) in [6, 6.07) is 1.12. The van der Waals surface area contributed by atoms with Gasteiger partial charge in [-0.3, -0.25) is 4.90 Å². The summed E-state index contributed by atoms with van der Waals surface area (Å²) in [6.45, 7) is 7.11. The van der Waals surface area contributed by atoms with Crippen molar-refractivity contribution >= 4 is 6.29 Å². The molecule has 1 rings (SSSR count). The molecule has 0 aliphatic carbocycles. The molecule has 0 saturated carbocycles. The Hall–Kier alpha value is -0.410. The Morgan fingerprint density at radius 2 is 2.29 bits per heavy atom. The molecule has 82 valence electrons. The third-order valence-electron chi connectivity index (χ3n) is 3.16. The normalized spacial score (nSPS) is 23.6. The molecule has 1 aliphatic heterocycles. The van der Waals surface area contributed by atoms with Gasteiger partial charge in [0.05, 0.1) is 6.54 Å². The van der Waals surface area contributed by atoms with Crippen molar-refractivity contribution in [1.82, 2.24) is 9.80 Å². The van der Waals surface area contributed by atoms with Crippen LogP contribution < -0.4 is 0 Å². The van der Waals surface area contributed by atoms with Gasteiger partial charge in [0.2, 0.25) is 0 Å². The molecule has 1 aliphatic rings. The van der Waals surface area contributed by atoms with Gasteiger partial charge in [-0.1, -0.05) is 0 Å². The van der Waals surface area contributed by atoms with E-state index in [0.717, 1.165) is 12.8 Å². The lowest BCUT2D eigenvalue weighted by Crippen LogP contribution is -2.42. The molecular formula is C11H22N2O. The van der Waals surface area contributed by atoms with Crippen LogP contribution >= 0.6 is 0 Å². The monoisotopic (exact) mass is 198 g/mol. The number of hydrogen-bond donors (Lipinski definition) is 0. The van der Waals surface area contributed by atoms with E-state index in [4.69, 9.17) is 0 Å². The van der Waals surface area contributed by atoms with Crippen LogP contribution in [0.5, 0.6) is 0 Å². The van der Waals surface area contributed by atoms with E-state index in [-0.39, 0.29) is 0 Å². The van der Waals surface area contributed by atoms with Crippen molar-refractivity contribution in [3.05, 3.63) is 0 Å². The Kier molecular flexibility index (Phi) is 4.55. The first-order chi connectivity index (χ1) is 6.65. The number of rotatable bonds is 5. The molecule has 1 heterocycles. The Morgan fingerprint density at radius 1 is 1.57 bits per heavy atom. The highest BCUT2D eigenvalue weighted by Gasteiger charge is 2.23. The predicted molar refractivity (Wildman–Crippen MR) is 58.4 cm³/mol. The van der Waals surface area contributed by atoms with E-state index in [1.807, 2.05) is 0 Å². The van der Waals surface area contributed by atoms with Gasteiger partial charge < -0.3 is 9.69 Å². The number of carbonyl (C=O) groups is 1. The highest BCUT2D eigenvalue weighted by atomic mass is 16.1. The third kappa shape index (κ3) is 3.07. The van der Waals surface area contributed by atoms with Gasteiger partial charge in [-0.15, -0.1) is 0 Å². The summed E-state index contributed by atoms with van der Waals surface area (Å²) in [4.78, 5) is 15.2. The lowest BCUT2D eigenvalue weighted by Gasteiger charge is -2.30. The second-order valence-electron chi connectivity index (χ2n) is 4.49. The summed E-state index contributed by atoms with van der Waals surface area (Å²) < 4.78 is 0. The molecule has 0 radical (unpaired) electrons. The number of nitrogens with zero attached hydrogens (tertiary/aromatic N) is 2. The highest BCUT2D eigenvalue weighted by molar-refractivity contribution is 5.52. The van der Waals surface area contributed by atoms with Gasteiger partial charge in [-0.25, -0.2) is 0 Å². The van der Waals surface area contributed by atoms with E-state index in [1.165, 1.54) is 19.4 Å². The maximum absolute atomic E-state index is 10.5. The molecule has 1 saturated heterocycles. The summed E-state index contributed by atoms with van der Waals surface area (Å²) >= 11 is 0. The van der Waals surface area contributed by atoms with Gasteiger partial charge in [0.15, 0.2) is 0 Å². The van der Waals surface area contributed by atoms with Gasteiger partial charge >= 0.3 is 0 Å². The predicted octanol–water partition coefficient (Wildman–Crippen LogP) is 0.990. The zero-order valence-electron chi connectivity index (χ0n) is 9.57. The molecule has 0 spiro atoms. The first-order valence-electron chi connectivity index (χ1n) is 5.53. The van der Waals surface area contributed by atoms with E-state index in [0.29, 0.717) is 18.6 Å². The third-order valence-corrected chi connectivity index (χ3v) is 3.16. The maximum atomic E-state index is 10.5. The molecule has 3 nitrogen and oxygen atoms in total. The number of likely N-dealkylation sites (N-methyl/N-ethyl adjacent to an activating group) is 1. The molecule has 0 N–H and O–H groups in total. The molecule has 0 bridgehead atoms. The fraction of sp³-hybridized carbons (Fsp3) is 0.909. The zero-order chi connectivity index (χ0) is 10.6. The van der Waals surface area contributed by atoms with E-state index in [2.05, 4.69) is 30.7 Å². The minimum Gasteiger partial charge on any atom is -0.302 e. The summed E-state index contributed by atoms with van der Waals surface area (Å²) in [5.74, 6) is 0. The highest BCUT2D eigenvalue weighted by Crippen LogP contribution is 2.16. The zero-order valence-corrected chi connectivity index (χ0v) is 9.57. The van der Waals surface area contributed by atoms with Crippen LogP contribution in [0.15, 0.2) is 0 Å². The van der Waals surface area contributed by atoms with Gasteiger partial charge in [0.1, 0.15) is 6.29 Å². The van der Waals surface area contributed by atoms with Crippen molar-refractivity contribution in [3.8, 4) is 0 Å². The van der Waals surface area contributed by atoms with Crippen molar-refractivity contribution in [1.29, 1.82) is 0 Å². The molecule has 1 atom stereocenters. The van der Waals surface area contributed by atoms with Crippen LogP contribution in [-0.4, -0.2) is 54.9 Å². The van der Waals surface area contributed by atoms with Crippen molar-refractivity contribution in [2.75, 3.05) is 26.7 Å². The van der Waals surface area contributed by atoms with Crippen LogP contribution in [0.25, 0.3) is 0 Å². The minimum atomic E-state index is 0.467. The largest absolute Gasteiger partial charge is 0.302 e. The second kappa shape index (κ2) is 5.47. The quantitative estimate of drug-likeness (QED) is 0.616. The molecule has 1 fully saturated rings. The van der Waals surface area contributed by atoms with Crippen LogP contribution in [0.1, 0.15) is 26.7 Å². The molecule has 3 heteroatoms. The summed E-state index contributed by atoms with van der Waals surface area (Å²) in [7, 11) is 2.18. The number of likely N-dealkylation sites (tertiary alicyclic amines) is 1. The van der Waals surface area contributed by atoms with Gasteiger partial charge in [-0.2, -0.15) is 0 Å². The second-order valence-corrected chi connectivity index (χ2v) is 4.49. The molecule has 0 aromatic carbocycles. The topological polar surface area (TPSA) is 23.6 Å². The van der Waals surface area contributed by atoms with Crippen LogP contribution in [0.2, 0.25) is 0 Å². The Balaban J connectivity index is 2.41. The van der Waals surface area contributed by atoms with E-state index in [9.17, 15) is 4.79 Å². The van der Waals surface area contributed by atoms with Gasteiger partial charge in [-0.05, 0) is 40.3 Å². The minimum absolute atomic E-state index is 0.467. The molecule has 1 unspecified atom stereocenters.